The summed E-state index contributed by atoms with van der Waals surface area (Å²) in [5, 5.41) is 4.81. The molecule has 2 amide bonds. The smallest absolute Gasteiger partial charge is 0.265 e. The predicted molar refractivity (Wildman–Crippen MR) is 125 cm³/mol. The minimum atomic E-state index is -0.111. The van der Waals surface area contributed by atoms with Gasteiger partial charge in [-0.15, -0.1) is 22.7 Å². The van der Waals surface area contributed by atoms with E-state index >= 15 is 0 Å². The molecule has 1 N–H and O–H groups in total. The molecule has 5 rings (SSSR count). The van der Waals surface area contributed by atoms with Gasteiger partial charge in [0.1, 0.15) is 0 Å². The predicted octanol–water partition coefficient (Wildman–Crippen LogP) is 5.29. The fourth-order valence-corrected chi connectivity index (χ4v) is 6.04. The molecule has 0 unspecified atom stereocenters. The topological polar surface area (TPSA) is 62.3 Å². The van der Waals surface area contributed by atoms with Crippen molar-refractivity contribution in [1.29, 1.82) is 0 Å². The summed E-state index contributed by atoms with van der Waals surface area (Å²) in [6.45, 7) is 0.742. The molecule has 0 saturated carbocycles. The van der Waals surface area contributed by atoms with Crippen molar-refractivity contribution in [3.05, 3.63) is 70.4 Å². The van der Waals surface area contributed by atoms with Crippen LogP contribution in [0.3, 0.4) is 0 Å². The summed E-state index contributed by atoms with van der Waals surface area (Å²) in [5.41, 5.74) is 3.87. The van der Waals surface area contributed by atoms with E-state index in [1.807, 2.05) is 52.7 Å². The number of nitrogens with zero attached hydrogens (tertiary/aromatic N) is 2. The molecule has 2 aromatic carbocycles. The maximum absolute atomic E-state index is 12.7. The van der Waals surface area contributed by atoms with Gasteiger partial charge in [-0.05, 0) is 47.7 Å². The van der Waals surface area contributed by atoms with Crippen LogP contribution in [-0.4, -0.2) is 29.1 Å². The van der Waals surface area contributed by atoms with Crippen molar-refractivity contribution in [3.63, 3.8) is 0 Å². The van der Waals surface area contributed by atoms with Crippen molar-refractivity contribution in [2.45, 2.75) is 10.8 Å². The molecule has 2 aromatic heterocycles. The lowest BCUT2D eigenvalue weighted by atomic mass is 10.2. The number of thiazole rings is 1. The lowest BCUT2D eigenvalue weighted by Crippen LogP contribution is -2.30. The van der Waals surface area contributed by atoms with Crippen molar-refractivity contribution < 1.29 is 9.59 Å². The highest BCUT2D eigenvalue weighted by molar-refractivity contribution is 8.01. The van der Waals surface area contributed by atoms with Gasteiger partial charge in [-0.3, -0.25) is 9.59 Å². The van der Waals surface area contributed by atoms with Crippen LogP contribution in [0.1, 0.15) is 15.2 Å². The molecule has 8 heteroatoms. The summed E-state index contributed by atoms with van der Waals surface area (Å²) in [6, 6.07) is 17.4. The lowest BCUT2D eigenvalue weighted by molar-refractivity contribution is -0.116. The van der Waals surface area contributed by atoms with Gasteiger partial charge < -0.3 is 10.2 Å². The van der Waals surface area contributed by atoms with Crippen LogP contribution in [0, 0.1) is 0 Å². The van der Waals surface area contributed by atoms with Gasteiger partial charge in [0.05, 0.1) is 20.8 Å². The van der Waals surface area contributed by atoms with E-state index in [9.17, 15) is 9.59 Å². The molecule has 0 bridgehead atoms. The van der Waals surface area contributed by atoms with E-state index in [1.54, 1.807) is 6.07 Å². The number of carbonyl (C=O) groups is 2. The summed E-state index contributed by atoms with van der Waals surface area (Å²) in [6.07, 6.45) is 0.910. The molecule has 0 fully saturated rings. The molecule has 4 aromatic rings. The number of amides is 2. The largest absolute Gasteiger partial charge is 0.321 e. The number of thiophene rings is 1. The van der Waals surface area contributed by atoms with Gasteiger partial charge >= 0.3 is 0 Å². The summed E-state index contributed by atoms with van der Waals surface area (Å²) in [7, 11) is 0. The Kier molecular flexibility index (Phi) is 5.28. The van der Waals surface area contributed by atoms with Gasteiger partial charge in [0, 0.05) is 17.9 Å². The second-order valence-electron chi connectivity index (χ2n) is 6.81. The number of hydrogen-bond acceptors (Lipinski definition) is 6. The van der Waals surface area contributed by atoms with Crippen LogP contribution < -0.4 is 10.2 Å². The van der Waals surface area contributed by atoms with Crippen LogP contribution in [0.15, 0.2) is 64.3 Å². The first kappa shape index (κ1) is 19.3. The van der Waals surface area contributed by atoms with Crippen LogP contribution in [-0.2, 0) is 11.2 Å². The highest BCUT2D eigenvalue weighted by Gasteiger charge is 2.24. The first-order chi connectivity index (χ1) is 14.7. The fourth-order valence-electron chi connectivity index (χ4n) is 3.44. The van der Waals surface area contributed by atoms with E-state index in [2.05, 4.69) is 16.4 Å². The molecule has 0 aliphatic carbocycles. The summed E-state index contributed by atoms with van der Waals surface area (Å²) >= 11 is 4.42. The van der Waals surface area contributed by atoms with E-state index in [0.29, 0.717) is 10.6 Å². The van der Waals surface area contributed by atoms with E-state index in [-0.39, 0.29) is 11.8 Å². The molecular weight excluding hydrogens is 434 g/mol. The molecule has 0 radical (unpaired) electrons. The van der Waals surface area contributed by atoms with Gasteiger partial charge in [0.2, 0.25) is 5.91 Å². The first-order valence-corrected chi connectivity index (χ1v) is 12.1. The number of nitrogens with one attached hydrogen (secondary N) is 1. The number of fused-ring (bicyclic) bond motifs is 2. The van der Waals surface area contributed by atoms with E-state index in [1.165, 1.54) is 40.0 Å². The van der Waals surface area contributed by atoms with Gasteiger partial charge in [-0.25, -0.2) is 4.98 Å². The second-order valence-corrected chi connectivity index (χ2v) is 10.0. The summed E-state index contributed by atoms with van der Waals surface area (Å²) in [5.74, 6) is 0.351. The van der Waals surface area contributed by atoms with Crippen LogP contribution in [0.4, 0.5) is 11.4 Å². The number of carbonyl (C=O) groups excluding carboxylic acids is 2. The standard InChI is InChI=1S/C22H17N3O2S3/c26-20(25-10-9-14-4-1-2-5-17(14)25)13-29-22-24-16-8-7-15(12-19(16)30-22)23-21(27)18-6-3-11-28-18/h1-8,11-12H,9-10,13H2,(H,23,27). The zero-order chi connectivity index (χ0) is 20.5. The van der Waals surface area contributed by atoms with Crippen LogP contribution >= 0.6 is 34.4 Å². The minimum absolute atomic E-state index is 0.105. The third-order valence-electron chi connectivity index (χ3n) is 4.88. The van der Waals surface area contributed by atoms with Crippen molar-refractivity contribution in [2.75, 3.05) is 22.5 Å². The second kappa shape index (κ2) is 8.22. The Bertz CT molecular complexity index is 1230. The number of thioether (sulfide) groups is 1. The van der Waals surface area contributed by atoms with Gasteiger partial charge in [-0.1, -0.05) is 36.0 Å². The number of benzene rings is 2. The third kappa shape index (κ3) is 3.86. The molecule has 0 spiro atoms. The highest BCUT2D eigenvalue weighted by atomic mass is 32.2. The molecule has 1 aliphatic heterocycles. The Morgan fingerprint density at radius 1 is 1.13 bits per heavy atom. The van der Waals surface area contributed by atoms with Gasteiger partial charge in [0.25, 0.3) is 5.91 Å². The fraction of sp³-hybridized carbons (Fsp3) is 0.136. The SMILES string of the molecule is O=C(Nc1ccc2nc(SCC(=O)N3CCc4ccccc43)sc2c1)c1cccs1. The molecule has 1 aliphatic rings. The van der Waals surface area contributed by atoms with Crippen molar-refractivity contribution in [1.82, 2.24) is 4.98 Å². The summed E-state index contributed by atoms with van der Waals surface area (Å²) in [4.78, 5) is 32.1. The molecule has 0 atom stereocenters. The Morgan fingerprint density at radius 3 is 2.90 bits per heavy atom. The minimum Gasteiger partial charge on any atom is -0.321 e. The average Bonchev–Trinajstić information content (AvgIpc) is 3.50. The lowest BCUT2D eigenvalue weighted by Gasteiger charge is -2.16. The maximum atomic E-state index is 12.7. The normalized spacial score (nSPS) is 12.9. The molecule has 30 heavy (non-hydrogen) atoms. The Balaban J connectivity index is 1.25. The van der Waals surface area contributed by atoms with Crippen LogP contribution in [0.5, 0.6) is 0 Å². The van der Waals surface area contributed by atoms with Crippen molar-refractivity contribution in [3.8, 4) is 0 Å². The zero-order valence-electron chi connectivity index (χ0n) is 15.8. The van der Waals surface area contributed by atoms with Crippen molar-refractivity contribution in [2.24, 2.45) is 0 Å². The summed E-state index contributed by atoms with van der Waals surface area (Å²) < 4.78 is 1.84. The Labute approximate surface area is 185 Å². The van der Waals surface area contributed by atoms with E-state index < -0.39 is 0 Å². The Hall–Kier alpha value is -2.68. The van der Waals surface area contributed by atoms with Gasteiger partial charge in [0.15, 0.2) is 4.34 Å². The van der Waals surface area contributed by atoms with Crippen molar-refractivity contribution >= 4 is 67.8 Å². The molecule has 5 nitrogen and oxygen atoms in total. The van der Waals surface area contributed by atoms with Crippen LogP contribution in [0.25, 0.3) is 10.2 Å². The van der Waals surface area contributed by atoms with E-state index in [0.717, 1.165) is 38.9 Å². The molecule has 3 heterocycles. The third-order valence-corrected chi connectivity index (χ3v) is 7.89. The maximum Gasteiger partial charge on any atom is 0.265 e. The van der Waals surface area contributed by atoms with E-state index in [4.69, 9.17) is 0 Å². The Morgan fingerprint density at radius 2 is 2.03 bits per heavy atom. The van der Waals surface area contributed by atoms with Gasteiger partial charge in [-0.2, -0.15) is 0 Å². The number of para-hydroxylation sites is 1. The molecule has 150 valence electrons. The van der Waals surface area contributed by atoms with Crippen LogP contribution in [0.2, 0.25) is 0 Å². The quantitative estimate of drug-likeness (QED) is 0.419. The number of aromatic nitrogens is 1. The highest BCUT2D eigenvalue weighted by Crippen LogP contribution is 2.33. The zero-order valence-corrected chi connectivity index (χ0v) is 18.3. The first-order valence-electron chi connectivity index (χ1n) is 9.44. The average molecular weight is 452 g/mol. The monoisotopic (exact) mass is 451 g/mol. The number of anilines is 2. The number of rotatable bonds is 5. The number of hydrogen-bond donors (Lipinski definition) is 1. The molecule has 0 saturated heterocycles. The molecular formula is C22H17N3O2S3.